The number of para-hydroxylation sites is 1. The van der Waals surface area contributed by atoms with Crippen molar-refractivity contribution in [1.29, 1.82) is 0 Å². The van der Waals surface area contributed by atoms with Gasteiger partial charge >= 0.3 is 0 Å². The Kier molecular flexibility index (Phi) is 3.19. The molecule has 3 nitrogen and oxygen atoms in total. The lowest BCUT2D eigenvalue weighted by Crippen LogP contribution is -2.28. The summed E-state index contributed by atoms with van der Waals surface area (Å²) in [6.45, 7) is 0.736. The third-order valence-corrected chi connectivity index (χ3v) is 6.34. The molecule has 0 radical (unpaired) electrons. The molecule has 0 spiro atoms. The van der Waals surface area contributed by atoms with E-state index in [1.807, 2.05) is 28.8 Å². The van der Waals surface area contributed by atoms with Crippen LogP contribution in [0.15, 0.2) is 24.3 Å². The van der Waals surface area contributed by atoms with Crippen LogP contribution in [0.5, 0.6) is 0 Å². The summed E-state index contributed by atoms with van der Waals surface area (Å²) in [7, 11) is 0. The van der Waals surface area contributed by atoms with E-state index in [2.05, 4.69) is 12.1 Å². The molecule has 1 aromatic heterocycles. The minimum absolute atomic E-state index is 0.107. The summed E-state index contributed by atoms with van der Waals surface area (Å²) in [4.78, 5) is 17.0. The summed E-state index contributed by atoms with van der Waals surface area (Å²) in [5.74, 6) is 2.31. The summed E-state index contributed by atoms with van der Waals surface area (Å²) in [5, 5.41) is 0. The fourth-order valence-corrected chi connectivity index (χ4v) is 5.40. The van der Waals surface area contributed by atoms with Crippen LogP contribution in [0.1, 0.15) is 25.7 Å². The molecular formula is C16H16N2OS2. The minimum Gasteiger partial charge on any atom is -0.397 e. The van der Waals surface area contributed by atoms with E-state index in [0.717, 1.165) is 35.7 Å². The molecule has 1 aromatic carbocycles. The maximum Gasteiger partial charge on any atom is 0.268 e. The highest BCUT2D eigenvalue weighted by Gasteiger charge is 2.29. The second-order valence-electron chi connectivity index (χ2n) is 5.42. The number of hydrogen-bond acceptors (Lipinski definition) is 4. The zero-order valence-corrected chi connectivity index (χ0v) is 13.2. The molecule has 21 heavy (non-hydrogen) atoms. The van der Waals surface area contributed by atoms with Crippen molar-refractivity contribution in [2.24, 2.45) is 0 Å². The van der Waals surface area contributed by atoms with Gasteiger partial charge in [-0.3, -0.25) is 4.79 Å². The first kappa shape index (κ1) is 13.2. The highest BCUT2D eigenvalue weighted by Crippen LogP contribution is 2.37. The van der Waals surface area contributed by atoms with E-state index in [1.165, 1.54) is 21.8 Å². The second kappa shape index (κ2) is 5.07. The normalized spacial score (nSPS) is 16.7. The maximum atomic E-state index is 12.9. The molecule has 0 saturated carbocycles. The molecule has 4 rings (SSSR count). The van der Waals surface area contributed by atoms with E-state index in [1.54, 1.807) is 11.3 Å². The summed E-state index contributed by atoms with van der Waals surface area (Å²) in [6, 6.07) is 7.99. The number of carbonyl (C=O) groups is 1. The Morgan fingerprint density at radius 2 is 2.14 bits per heavy atom. The van der Waals surface area contributed by atoms with Crippen LogP contribution in [0.25, 0.3) is 0 Å². The highest BCUT2D eigenvalue weighted by atomic mass is 32.2. The summed E-state index contributed by atoms with van der Waals surface area (Å²) in [6.07, 6.45) is 1.99. The first-order valence-electron chi connectivity index (χ1n) is 7.12. The highest BCUT2D eigenvalue weighted by molar-refractivity contribution is 7.98. The van der Waals surface area contributed by atoms with Gasteiger partial charge in [-0.15, -0.1) is 11.3 Å². The molecule has 2 N–H and O–H groups in total. The van der Waals surface area contributed by atoms with Crippen molar-refractivity contribution in [3.05, 3.63) is 45.1 Å². The van der Waals surface area contributed by atoms with Gasteiger partial charge in [-0.1, -0.05) is 12.1 Å². The fraction of sp³-hybridized carbons (Fsp3) is 0.312. The van der Waals surface area contributed by atoms with Crippen molar-refractivity contribution < 1.29 is 4.79 Å². The molecular weight excluding hydrogens is 300 g/mol. The van der Waals surface area contributed by atoms with Crippen LogP contribution in [0.2, 0.25) is 0 Å². The average Bonchev–Trinajstić information content (AvgIpc) is 3.11. The zero-order valence-electron chi connectivity index (χ0n) is 11.6. The minimum atomic E-state index is 0.107. The number of aryl methyl sites for hydroxylation is 1. The number of amides is 1. The number of nitrogens with two attached hydrogens (primary N) is 1. The van der Waals surface area contributed by atoms with Gasteiger partial charge in [0.05, 0.1) is 16.3 Å². The first-order chi connectivity index (χ1) is 10.2. The van der Waals surface area contributed by atoms with Crippen molar-refractivity contribution in [3.8, 4) is 0 Å². The second-order valence-corrected chi connectivity index (χ2v) is 7.67. The molecule has 0 unspecified atom stereocenters. The number of carbonyl (C=O) groups excluding carboxylic acids is 1. The first-order valence-corrected chi connectivity index (χ1v) is 9.10. The van der Waals surface area contributed by atoms with E-state index in [9.17, 15) is 4.79 Å². The molecule has 3 heterocycles. The van der Waals surface area contributed by atoms with Gasteiger partial charge in [-0.2, -0.15) is 11.8 Å². The summed E-state index contributed by atoms with van der Waals surface area (Å²) < 4.78 is 0. The molecule has 0 bridgehead atoms. The van der Waals surface area contributed by atoms with Crippen molar-refractivity contribution in [2.75, 3.05) is 22.9 Å². The van der Waals surface area contributed by atoms with Crippen LogP contribution in [0, 0.1) is 0 Å². The maximum absolute atomic E-state index is 12.9. The lowest BCUT2D eigenvalue weighted by atomic mass is 10.1. The predicted molar refractivity (Wildman–Crippen MR) is 90.4 cm³/mol. The summed E-state index contributed by atoms with van der Waals surface area (Å²) in [5.41, 5.74) is 10.2. The van der Waals surface area contributed by atoms with Gasteiger partial charge in [0.25, 0.3) is 5.91 Å². The Hall–Kier alpha value is -1.46. The molecule has 108 valence electrons. The fourth-order valence-electron chi connectivity index (χ4n) is 3.07. The van der Waals surface area contributed by atoms with Crippen molar-refractivity contribution in [2.45, 2.75) is 18.6 Å². The number of thioether (sulfide) groups is 1. The SMILES string of the molecule is Nc1cccc2c1N(C(=O)c1cc3c(s1)CCSC3)CC2. The number of benzene rings is 1. The van der Waals surface area contributed by atoms with Gasteiger partial charge in [0.1, 0.15) is 0 Å². The average molecular weight is 316 g/mol. The number of anilines is 2. The van der Waals surface area contributed by atoms with Crippen LogP contribution in [-0.4, -0.2) is 18.2 Å². The van der Waals surface area contributed by atoms with E-state index in [-0.39, 0.29) is 5.91 Å². The van der Waals surface area contributed by atoms with E-state index in [0.29, 0.717) is 5.69 Å². The number of fused-ring (bicyclic) bond motifs is 2. The number of nitrogen functional groups attached to an aromatic ring is 1. The summed E-state index contributed by atoms with van der Waals surface area (Å²) >= 11 is 3.61. The molecule has 0 saturated heterocycles. The molecule has 5 heteroatoms. The Labute approximate surface area is 132 Å². The van der Waals surface area contributed by atoms with Gasteiger partial charge in [0.2, 0.25) is 0 Å². The molecule has 0 fully saturated rings. The largest absolute Gasteiger partial charge is 0.397 e. The molecule has 2 aliphatic rings. The topological polar surface area (TPSA) is 46.3 Å². The van der Waals surface area contributed by atoms with Crippen molar-refractivity contribution in [3.63, 3.8) is 0 Å². The van der Waals surface area contributed by atoms with Crippen LogP contribution >= 0.6 is 23.1 Å². The van der Waals surface area contributed by atoms with E-state index >= 15 is 0 Å². The molecule has 0 aliphatic carbocycles. The molecule has 2 aromatic rings. The monoisotopic (exact) mass is 316 g/mol. The number of hydrogen-bond donors (Lipinski definition) is 1. The number of rotatable bonds is 1. The van der Waals surface area contributed by atoms with Crippen LogP contribution in [0.4, 0.5) is 11.4 Å². The number of nitrogens with zero attached hydrogens (tertiary/aromatic N) is 1. The quantitative estimate of drug-likeness (QED) is 0.821. The van der Waals surface area contributed by atoms with E-state index in [4.69, 9.17) is 5.73 Å². The zero-order chi connectivity index (χ0) is 14.4. The van der Waals surface area contributed by atoms with Crippen molar-refractivity contribution in [1.82, 2.24) is 0 Å². The van der Waals surface area contributed by atoms with Crippen LogP contribution < -0.4 is 10.6 Å². The van der Waals surface area contributed by atoms with Gasteiger partial charge < -0.3 is 10.6 Å². The third kappa shape index (κ3) is 2.15. The number of thiophene rings is 1. The Morgan fingerprint density at radius 1 is 1.24 bits per heavy atom. The Balaban J connectivity index is 1.69. The van der Waals surface area contributed by atoms with Crippen LogP contribution in [0.3, 0.4) is 0 Å². The van der Waals surface area contributed by atoms with Gasteiger partial charge in [0.15, 0.2) is 0 Å². The molecule has 2 aliphatic heterocycles. The van der Waals surface area contributed by atoms with Crippen molar-refractivity contribution >= 4 is 40.4 Å². The van der Waals surface area contributed by atoms with E-state index < -0.39 is 0 Å². The lowest BCUT2D eigenvalue weighted by Gasteiger charge is -2.18. The van der Waals surface area contributed by atoms with Gasteiger partial charge in [-0.05, 0) is 41.9 Å². The Bertz CT molecular complexity index is 700. The predicted octanol–water partition coefficient (Wildman–Crippen LogP) is 3.32. The molecule has 0 atom stereocenters. The molecule has 1 amide bonds. The van der Waals surface area contributed by atoms with Crippen LogP contribution in [-0.2, 0) is 18.6 Å². The lowest BCUT2D eigenvalue weighted by molar-refractivity contribution is 0.0993. The Morgan fingerprint density at radius 3 is 3.00 bits per heavy atom. The third-order valence-electron chi connectivity index (χ3n) is 4.11. The smallest absolute Gasteiger partial charge is 0.268 e. The van der Waals surface area contributed by atoms with Gasteiger partial charge in [0, 0.05) is 17.2 Å². The van der Waals surface area contributed by atoms with Gasteiger partial charge in [-0.25, -0.2) is 0 Å². The standard InChI is InChI=1S/C16H16N2OS2/c17-12-3-1-2-10-4-6-18(15(10)12)16(19)14-8-11-9-20-7-5-13(11)21-14/h1-3,8H,4-7,9,17H2.